The fourth-order valence-electron chi connectivity index (χ4n) is 2.30. The molecule has 0 saturated carbocycles. The first-order valence-corrected chi connectivity index (χ1v) is 11.1. The molecule has 1 aliphatic rings. The molecule has 3 rings (SSSR count). The minimum atomic E-state index is -4.25. The van der Waals surface area contributed by atoms with Gasteiger partial charge in [0.25, 0.3) is 20.9 Å². The van der Waals surface area contributed by atoms with Crippen molar-refractivity contribution in [2.24, 2.45) is 0 Å². The van der Waals surface area contributed by atoms with Crippen molar-refractivity contribution in [1.29, 1.82) is 0 Å². The smallest absolute Gasteiger partial charge is 0.269 e. The van der Waals surface area contributed by atoms with Crippen molar-refractivity contribution in [3.05, 3.63) is 37.6 Å². The summed E-state index contributed by atoms with van der Waals surface area (Å²) < 4.78 is 25.1. The van der Waals surface area contributed by atoms with Gasteiger partial charge in [0.05, 0.1) is 17.8 Å². The molecule has 12 heteroatoms. The second kappa shape index (κ2) is 9.14. The highest BCUT2D eigenvalue weighted by Crippen LogP contribution is 2.39. The van der Waals surface area contributed by atoms with E-state index in [0.717, 1.165) is 14.2 Å². The molecule has 9 nitrogen and oxygen atoms in total. The molecule has 0 unspecified atom stereocenters. The molecule has 0 spiro atoms. The second-order valence-electron chi connectivity index (χ2n) is 5.76. The molecule has 0 aromatic heterocycles. The van der Waals surface area contributed by atoms with Gasteiger partial charge in [-0.05, 0) is 36.5 Å². The van der Waals surface area contributed by atoms with E-state index in [9.17, 15) is 23.1 Å². The molecular weight excluding hydrogens is 430 g/mol. The Morgan fingerprint density at radius 2 is 1.86 bits per heavy atom. The van der Waals surface area contributed by atoms with Crippen molar-refractivity contribution in [3.8, 4) is 5.75 Å². The number of anilines is 3. The summed E-state index contributed by atoms with van der Waals surface area (Å²) in [5, 5.41) is 12.4. The summed E-state index contributed by atoms with van der Waals surface area (Å²) in [5.74, 6) is 2.09. The van der Waals surface area contributed by atoms with E-state index in [-0.39, 0.29) is 22.1 Å². The fraction of sp³-hybridized carbons (Fsp3) is 0.375. The molecule has 0 aliphatic carbocycles. The van der Waals surface area contributed by atoms with Gasteiger partial charge in [-0.3, -0.25) is 14.4 Å². The summed E-state index contributed by atoms with van der Waals surface area (Å²) >= 11 is 7.92. The number of halogens is 1. The van der Waals surface area contributed by atoms with Gasteiger partial charge in [-0.2, -0.15) is 11.8 Å². The molecular formula is C16H20ClN3O6S2. The molecule has 2 aromatic carbocycles. The lowest BCUT2D eigenvalue weighted by Crippen LogP contribution is -2.36. The number of nitrogens with one attached hydrogen (secondary N) is 1. The number of nitrogen functional groups attached to an aromatic ring is 1. The molecule has 1 saturated heterocycles. The van der Waals surface area contributed by atoms with Gasteiger partial charge in [-0.25, -0.2) is 8.42 Å². The molecule has 1 fully saturated rings. The highest BCUT2D eigenvalue weighted by Gasteiger charge is 2.30. The van der Waals surface area contributed by atoms with Crippen LogP contribution < -0.4 is 21.9 Å². The Balaban J connectivity index is 0.000000485. The second-order valence-corrected chi connectivity index (χ2v) is 9.27. The first kappa shape index (κ1) is 22.5. The third kappa shape index (κ3) is 4.44. The van der Waals surface area contributed by atoms with Gasteiger partial charge >= 0.3 is 0 Å². The third-order valence-corrected chi connectivity index (χ3v) is 7.31. The van der Waals surface area contributed by atoms with Crippen LogP contribution in [0.1, 0.15) is 12.8 Å². The number of phenols is 1. The molecule has 0 bridgehead atoms. The predicted octanol–water partition coefficient (Wildman–Crippen LogP) is 1.66. The molecule has 0 amide bonds. The number of nitrogens with two attached hydrogens (primary N) is 1. The van der Waals surface area contributed by atoms with Crippen LogP contribution in [0.2, 0.25) is 5.02 Å². The highest BCUT2D eigenvalue weighted by molar-refractivity contribution is 7.99. The van der Waals surface area contributed by atoms with Crippen LogP contribution in [-0.4, -0.2) is 43.7 Å². The van der Waals surface area contributed by atoms with E-state index in [4.69, 9.17) is 17.3 Å². The standard InChI is InChI=1S/C12H12ClN3O6S.C4H8S/c1-16(22-2)23(20,21)12-5(13)3-4-6(9(12)17)15-8-7(14)10(18)11(8)19;1-2-4-5-3-1/h3-4,15,17H,14H2,1-2H3;1-4H2. The van der Waals surface area contributed by atoms with Gasteiger partial charge in [-0.1, -0.05) is 16.1 Å². The lowest BCUT2D eigenvalue weighted by molar-refractivity contribution is -0.0259. The average Bonchev–Trinajstić information content (AvgIpc) is 3.25. The molecule has 4 N–H and O–H groups in total. The fourth-order valence-corrected chi connectivity index (χ4v) is 4.89. The van der Waals surface area contributed by atoms with Crippen LogP contribution in [0.4, 0.5) is 17.1 Å². The quantitative estimate of drug-likeness (QED) is 0.353. The number of benzene rings is 1. The summed E-state index contributed by atoms with van der Waals surface area (Å²) in [7, 11) is -2.01. The topological polar surface area (TPSA) is 139 Å². The summed E-state index contributed by atoms with van der Waals surface area (Å²) in [6, 6.07) is 2.43. The predicted molar refractivity (Wildman–Crippen MR) is 111 cm³/mol. The number of hydrogen-bond acceptors (Lipinski definition) is 9. The van der Waals surface area contributed by atoms with Crippen molar-refractivity contribution < 1.29 is 18.4 Å². The van der Waals surface area contributed by atoms with Crippen LogP contribution in [-0.2, 0) is 14.9 Å². The SMILES string of the molecule is C1CCSC1.CON(C)S(=O)(=O)c1c(Cl)ccc(Nc2c(N)c(=O)c2=O)c1O. The van der Waals surface area contributed by atoms with Gasteiger partial charge in [0, 0.05) is 7.05 Å². The van der Waals surface area contributed by atoms with Crippen LogP contribution >= 0.6 is 23.4 Å². The van der Waals surface area contributed by atoms with Crippen molar-refractivity contribution in [2.75, 3.05) is 36.7 Å². The number of hydrogen-bond donors (Lipinski definition) is 3. The molecule has 1 aliphatic heterocycles. The van der Waals surface area contributed by atoms with Gasteiger partial charge < -0.3 is 16.2 Å². The molecule has 0 atom stereocenters. The van der Waals surface area contributed by atoms with Gasteiger partial charge in [0.1, 0.15) is 16.3 Å². The van der Waals surface area contributed by atoms with Crippen LogP contribution in [0.3, 0.4) is 0 Å². The zero-order valence-electron chi connectivity index (χ0n) is 15.2. The number of rotatable bonds is 5. The molecule has 2 aromatic rings. The van der Waals surface area contributed by atoms with Crippen molar-refractivity contribution >= 4 is 50.4 Å². The van der Waals surface area contributed by atoms with E-state index in [0.29, 0.717) is 4.47 Å². The van der Waals surface area contributed by atoms with Crippen molar-refractivity contribution in [1.82, 2.24) is 4.47 Å². The van der Waals surface area contributed by atoms with Crippen LogP contribution in [0.25, 0.3) is 0 Å². The van der Waals surface area contributed by atoms with Crippen molar-refractivity contribution in [2.45, 2.75) is 17.7 Å². The molecule has 0 radical (unpaired) electrons. The Bertz CT molecular complexity index is 1020. The Kier molecular flexibility index (Phi) is 7.34. The van der Waals surface area contributed by atoms with E-state index in [2.05, 4.69) is 21.9 Å². The van der Waals surface area contributed by atoms with E-state index >= 15 is 0 Å². The van der Waals surface area contributed by atoms with Crippen LogP contribution in [0, 0.1) is 0 Å². The molecule has 28 heavy (non-hydrogen) atoms. The Morgan fingerprint density at radius 3 is 2.32 bits per heavy atom. The van der Waals surface area contributed by atoms with E-state index < -0.39 is 31.5 Å². The zero-order chi connectivity index (χ0) is 21.1. The lowest BCUT2D eigenvalue weighted by atomic mass is 10.2. The number of thioether (sulfide) groups is 1. The van der Waals surface area contributed by atoms with Crippen LogP contribution in [0.5, 0.6) is 5.75 Å². The van der Waals surface area contributed by atoms with E-state index in [1.165, 1.54) is 36.5 Å². The number of nitrogens with zero attached hydrogens (tertiary/aromatic N) is 1. The number of sulfonamides is 1. The first-order chi connectivity index (χ1) is 13.1. The monoisotopic (exact) mass is 449 g/mol. The average molecular weight is 450 g/mol. The molecule has 154 valence electrons. The Hall–Kier alpha value is -1.79. The zero-order valence-corrected chi connectivity index (χ0v) is 17.6. The highest BCUT2D eigenvalue weighted by atomic mass is 35.5. The first-order valence-electron chi connectivity index (χ1n) is 8.11. The summed E-state index contributed by atoms with van der Waals surface area (Å²) in [6.07, 6.45) is 2.93. The van der Waals surface area contributed by atoms with Crippen LogP contribution in [0.15, 0.2) is 26.6 Å². The number of phenolic OH excluding ortho intramolecular Hbond substituents is 1. The van der Waals surface area contributed by atoms with Gasteiger partial charge in [-0.15, -0.1) is 0 Å². The lowest BCUT2D eigenvalue weighted by Gasteiger charge is -2.18. The maximum Gasteiger partial charge on any atom is 0.269 e. The van der Waals surface area contributed by atoms with Crippen molar-refractivity contribution in [3.63, 3.8) is 0 Å². The van der Waals surface area contributed by atoms with Gasteiger partial charge in [0.2, 0.25) is 0 Å². The van der Waals surface area contributed by atoms with E-state index in [1.54, 1.807) is 0 Å². The minimum Gasteiger partial charge on any atom is -0.504 e. The summed E-state index contributed by atoms with van der Waals surface area (Å²) in [6.45, 7) is 0. The Labute approximate surface area is 171 Å². The largest absolute Gasteiger partial charge is 0.504 e. The number of hydroxylamine groups is 1. The minimum absolute atomic E-state index is 0.156. The summed E-state index contributed by atoms with van der Waals surface area (Å²) in [4.78, 5) is 26.5. The summed E-state index contributed by atoms with van der Waals surface area (Å²) in [5.41, 5.74) is 2.97. The maximum atomic E-state index is 12.3. The third-order valence-electron chi connectivity index (χ3n) is 3.97. The number of aromatic hydroxyl groups is 1. The molecule has 1 heterocycles. The van der Waals surface area contributed by atoms with Gasteiger partial charge in [0.15, 0.2) is 5.75 Å². The maximum absolute atomic E-state index is 12.3. The normalized spacial score (nSPS) is 14.1. The Morgan fingerprint density at radius 1 is 1.25 bits per heavy atom. The van der Waals surface area contributed by atoms with E-state index in [1.807, 2.05) is 0 Å².